The van der Waals surface area contributed by atoms with Gasteiger partial charge in [0.2, 0.25) is 0 Å². The average molecular weight is 967 g/mol. The van der Waals surface area contributed by atoms with Crippen LogP contribution in [0, 0.1) is 0 Å². The zero-order valence-electron chi connectivity index (χ0n) is 41.8. The van der Waals surface area contributed by atoms with Crippen molar-refractivity contribution in [2.75, 3.05) is 9.80 Å². The number of rotatable bonds is 6. The molecule has 0 amide bonds. The second kappa shape index (κ2) is 16.5. The van der Waals surface area contributed by atoms with Crippen LogP contribution in [0.15, 0.2) is 291 Å². The molecule has 4 aliphatic carbocycles. The summed E-state index contributed by atoms with van der Waals surface area (Å²) in [7, 11) is 0. The number of nitrogens with zero attached hydrogens (tertiary/aromatic N) is 2. The lowest BCUT2D eigenvalue weighted by molar-refractivity contribution is 0.647. The highest BCUT2D eigenvalue weighted by Gasteiger charge is 2.55. The van der Waals surface area contributed by atoms with Gasteiger partial charge in [-0.3, -0.25) is 0 Å². The summed E-state index contributed by atoms with van der Waals surface area (Å²) in [6, 6.07) is 102. The van der Waals surface area contributed by atoms with Crippen LogP contribution < -0.4 is 9.80 Å². The van der Waals surface area contributed by atoms with Gasteiger partial charge in [-0.1, -0.05) is 237 Å². The van der Waals surface area contributed by atoms with Crippen LogP contribution in [-0.4, -0.2) is 6.04 Å². The Hall–Kier alpha value is -9.50. The molecule has 5 aliphatic rings. The first kappa shape index (κ1) is 43.0. The zero-order chi connectivity index (χ0) is 50.0. The standard InChI is InChI=1S/C74H50N2/c1-3-22-49(23-4-1)50-24-21-25-51(46-50)55-28-11-18-39-70(55)75(53-42-44-60-58-31-9-14-35-64(58)73(68(60)47-53)62-33-12-7-29-56(62)57-30-8-13-34-63(57)73)54-43-45-61-59-32-10-15-36-65(59)74(69(61)48-54)66-37-16-19-40-71(66)76(52-26-5-2-6-27-52)72-41-20-17-38-67(72)74/h1-47,54H,48H2. The quantitative estimate of drug-likeness (QED) is 0.164. The summed E-state index contributed by atoms with van der Waals surface area (Å²) in [6.07, 6.45) is 5.79. The molecule has 0 bridgehead atoms. The minimum Gasteiger partial charge on any atom is -0.334 e. The van der Waals surface area contributed by atoms with E-state index in [4.69, 9.17) is 0 Å². The molecular formula is C74H50N2. The third kappa shape index (κ3) is 5.81. The molecule has 76 heavy (non-hydrogen) atoms. The van der Waals surface area contributed by atoms with Gasteiger partial charge in [0.25, 0.3) is 0 Å². The number of para-hydroxylation sites is 4. The van der Waals surface area contributed by atoms with Gasteiger partial charge in [-0.25, -0.2) is 0 Å². The van der Waals surface area contributed by atoms with Gasteiger partial charge < -0.3 is 9.80 Å². The SMILES string of the molecule is C1=CC(N(c2ccc3c(c2)C2(c4ccccc4-c4ccccc42)c2ccccc2-3)c2ccccc2-c2cccc(-c3ccccc3)c2)CC2=C1c1ccccc1C21c2ccccc2N(c2ccccc2)c2ccccc21. The molecule has 11 aromatic carbocycles. The van der Waals surface area contributed by atoms with E-state index < -0.39 is 10.8 Å². The molecule has 356 valence electrons. The molecule has 16 rings (SSSR count). The van der Waals surface area contributed by atoms with E-state index in [9.17, 15) is 0 Å². The van der Waals surface area contributed by atoms with E-state index in [1.807, 2.05) is 0 Å². The molecule has 2 nitrogen and oxygen atoms in total. The van der Waals surface area contributed by atoms with Crippen molar-refractivity contribution in [1.29, 1.82) is 0 Å². The Morgan fingerprint density at radius 2 is 0.816 bits per heavy atom. The molecule has 0 radical (unpaired) electrons. The van der Waals surface area contributed by atoms with Crippen molar-refractivity contribution in [3.63, 3.8) is 0 Å². The van der Waals surface area contributed by atoms with Gasteiger partial charge in [0.1, 0.15) is 0 Å². The number of hydrogen-bond acceptors (Lipinski definition) is 2. The molecule has 1 aliphatic heterocycles. The lowest BCUT2D eigenvalue weighted by Crippen LogP contribution is -2.40. The maximum Gasteiger partial charge on any atom is 0.0726 e. The molecule has 11 aromatic rings. The third-order valence-corrected chi connectivity index (χ3v) is 17.4. The molecule has 2 spiro atoms. The molecule has 0 saturated carbocycles. The zero-order valence-corrected chi connectivity index (χ0v) is 41.8. The Morgan fingerprint density at radius 3 is 1.45 bits per heavy atom. The molecule has 1 unspecified atom stereocenters. The maximum absolute atomic E-state index is 2.70. The second-order valence-electron chi connectivity index (χ2n) is 21.0. The van der Waals surface area contributed by atoms with Crippen LogP contribution in [0.5, 0.6) is 0 Å². The molecule has 0 aromatic heterocycles. The number of fused-ring (bicyclic) bond motifs is 18. The molecule has 1 atom stereocenters. The minimum absolute atomic E-state index is 0.0733. The summed E-state index contributed by atoms with van der Waals surface area (Å²) in [5, 5.41) is 0. The van der Waals surface area contributed by atoms with Crippen molar-refractivity contribution >= 4 is 34.0 Å². The third-order valence-electron chi connectivity index (χ3n) is 17.4. The summed E-state index contributed by atoms with van der Waals surface area (Å²) in [5.74, 6) is 0. The van der Waals surface area contributed by atoms with E-state index in [1.54, 1.807) is 0 Å². The largest absolute Gasteiger partial charge is 0.334 e. The Morgan fingerprint density at radius 1 is 0.342 bits per heavy atom. The highest BCUT2D eigenvalue weighted by molar-refractivity contribution is 6.00. The summed E-state index contributed by atoms with van der Waals surface area (Å²) < 4.78 is 0. The van der Waals surface area contributed by atoms with Crippen molar-refractivity contribution in [1.82, 2.24) is 0 Å². The Bertz CT molecular complexity index is 4120. The molecular weight excluding hydrogens is 917 g/mol. The van der Waals surface area contributed by atoms with E-state index in [1.165, 1.54) is 123 Å². The number of benzene rings is 11. The lowest BCUT2D eigenvalue weighted by atomic mass is 9.62. The van der Waals surface area contributed by atoms with Crippen LogP contribution in [0.3, 0.4) is 0 Å². The van der Waals surface area contributed by atoms with Gasteiger partial charge in [-0.05, 0) is 150 Å². The summed E-state index contributed by atoms with van der Waals surface area (Å²) in [5.41, 5.74) is 28.3. The van der Waals surface area contributed by atoms with Crippen molar-refractivity contribution < 1.29 is 0 Å². The Balaban J connectivity index is 0.936. The number of anilines is 5. The Labute approximate surface area is 444 Å². The van der Waals surface area contributed by atoms with Crippen LogP contribution in [0.1, 0.15) is 50.9 Å². The van der Waals surface area contributed by atoms with Crippen LogP contribution >= 0.6 is 0 Å². The average Bonchev–Trinajstić information content (AvgIpc) is 4.28. The first-order chi connectivity index (χ1) is 37.7. The highest BCUT2D eigenvalue weighted by Crippen LogP contribution is 2.66. The smallest absolute Gasteiger partial charge is 0.0726 e. The van der Waals surface area contributed by atoms with Crippen LogP contribution in [-0.2, 0) is 10.8 Å². The van der Waals surface area contributed by atoms with E-state index >= 15 is 0 Å². The fraction of sp³-hybridized carbons (Fsp3) is 0.0541. The molecule has 1 heterocycles. The van der Waals surface area contributed by atoms with Crippen LogP contribution in [0.2, 0.25) is 0 Å². The predicted molar refractivity (Wildman–Crippen MR) is 314 cm³/mol. The minimum atomic E-state index is -0.552. The summed E-state index contributed by atoms with van der Waals surface area (Å²) in [6.45, 7) is 0. The van der Waals surface area contributed by atoms with Gasteiger partial charge >= 0.3 is 0 Å². The predicted octanol–water partition coefficient (Wildman–Crippen LogP) is 18.4. The van der Waals surface area contributed by atoms with Gasteiger partial charge in [-0.2, -0.15) is 0 Å². The molecule has 0 fully saturated rings. The first-order valence-corrected chi connectivity index (χ1v) is 26.8. The number of allylic oxidation sites excluding steroid dienone is 2. The van der Waals surface area contributed by atoms with E-state index in [0.717, 1.165) is 12.1 Å². The second-order valence-corrected chi connectivity index (χ2v) is 21.0. The molecule has 0 N–H and O–H groups in total. The van der Waals surface area contributed by atoms with Crippen molar-refractivity contribution in [2.24, 2.45) is 0 Å². The first-order valence-electron chi connectivity index (χ1n) is 26.8. The van der Waals surface area contributed by atoms with E-state index in [2.05, 4.69) is 295 Å². The van der Waals surface area contributed by atoms with Crippen LogP contribution in [0.4, 0.5) is 28.4 Å². The highest BCUT2D eigenvalue weighted by atomic mass is 15.2. The molecule has 2 heteroatoms. The van der Waals surface area contributed by atoms with E-state index in [0.29, 0.717) is 0 Å². The van der Waals surface area contributed by atoms with Crippen molar-refractivity contribution in [3.05, 3.63) is 335 Å². The topological polar surface area (TPSA) is 6.48 Å². The monoisotopic (exact) mass is 966 g/mol. The van der Waals surface area contributed by atoms with Gasteiger partial charge in [0, 0.05) is 22.6 Å². The maximum atomic E-state index is 2.70. The Kier molecular flexibility index (Phi) is 9.33. The van der Waals surface area contributed by atoms with Crippen molar-refractivity contribution in [2.45, 2.75) is 23.3 Å². The summed E-state index contributed by atoms with van der Waals surface area (Å²) >= 11 is 0. The van der Waals surface area contributed by atoms with E-state index in [-0.39, 0.29) is 6.04 Å². The fourth-order valence-electron chi connectivity index (χ4n) is 14.6. The van der Waals surface area contributed by atoms with Gasteiger partial charge in [0.15, 0.2) is 0 Å². The fourth-order valence-corrected chi connectivity index (χ4v) is 14.6. The normalized spacial score (nSPS) is 16.1. The number of hydrogen-bond donors (Lipinski definition) is 0. The summed E-state index contributed by atoms with van der Waals surface area (Å²) in [4.78, 5) is 5.18. The molecule has 0 saturated heterocycles. The van der Waals surface area contributed by atoms with Gasteiger partial charge in [0.05, 0.1) is 28.2 Å². The van der Waals surface area contributed by atoms with Gasteiger partial charge in [-0.15, -0.1) is 0 Å². The van der Waals surface area contributed by atoms with Crippen molar-refractivity contribution in [3.8, 4) is 44.5 Å². The van der Waals surface area contributed by atoms with Crippen LogP contribution in [0.25, 0.3) is 50.1 Å². The lowest BCUT2D eigenvalue weighted by Gasteiger charge is -2.47.